The smallest absolute Gasteiger partial charge is 0.246 e. The van der Waals surface area contributed by atoms with Gasteiger partial charge in [-0.05, 0) is 47.2 Å². The molecule has 104 valence electrons. The molecule has 0 aliphatic rings. The van der Waals surface area contributed by atoms with Crippen molar-refractivity contribution in [2.45, 2.75) is 19.4 Å². The second-order valence-electron chi connectivity index (χ2n) is 3.99. The van der Waals surface area contributed by atoms with Gasteiger partial charge in [-0.1, -0.05) is 12.1 Å². The first kappa shape index (κ1) is 15.9. The molecule has 19 heavy (non-hydrogen) atoms. The molecule has 5 nitrogen and oxygen atoms in total. The minimum atomic E-state index is -0.717. The van der Waals surface area contributed by atoms with Gasteiger partial charge in [-0.3, -0.25) is 9.59 Å². The average Bonchev–Trinajstić information content (AvgIpc) is 2.35. The summed E-state index contributed by atoms with van der Waals surface area (Å²) in [4.78, 5) is 22.9. The van der Waals surface area contributed by atoms with Crippen LogP contribution in [-0.2, 0) is 20.7 Å². The van der Waals surface area contributed by atoms with E-state index in [1.165, 1.54) is 0 Å². The van der Waals surface area contributed by atoms with Gasteiger partial charge in [0, 0.05) is 16.6 Å². The van der Waals surface area contributed by atoms with Gasteiger partial charge < -0.3 is 15.8 Å². The monoisotopic (exact) mass is 376 g/mol. The molecule has 1 aromatic carbocycles. The lowest BCUT2D eigenvalue weighted by Crippen LogP contribution is -2.47. The second-order valence-corrected chi connectivity index (χ2v) is 5.24. The van der Waals surface area contributed by atoms with Crippen molar-refractivity contribution in [3.05, 3.63) is 33.4 Å². The Balaban J connectivity index is 2.63. The lowest BCUT2D eigenvalue weighted by molar-refractivity contribution is -0.130. The zero-order chi connectivity index (χ0) is 14.3. The zero-order valence-electron chi connectivity index (χ0n) is 10.7. The third-order valence-electron chi connectivity index (χ3n) is 2.44. The third-order valence-corrected chi connectivity index (χ3v) is 3.12. The maximum atomic E-state index is 11.5. The number of hydrogen-bond acceptors (Lipinski definition) is 3. The molecule has 1 rings (SSSR count). The lowest BCUT2D eigenvalue weighted by Gasteiger charge is -2.15. The fourth-order valence-electron chi connectivity index (χ4n) is 1.55. The van der Waals surface area contributed by atoms with E-state index in [-0.39, 0.29) is 12.5 Å². The molecule has 0 unspecified atom stereocenters. The molecule has 0 saturated heterocycles. The molecule has 1 aromatic rings. The van der Waals surface area contributed by atoms with Gasteiger partial charge in [0.25, 0.3) is 0 Å². The van der Waals surface area contributed by atoms with E-state index in [2.05, 4.69) is 27.9 Å². The largest absolute Gasteiger partial charge is 0.372 e. The maximum Gasteiger partial charge on any atom is 0.246 e. The molecule has 6 heteroatoms. The molecule has 0 saturated carbocycles. The molecule has 0 spiro atoms. The van der Waals surface area contributed by atoms with Gasteiger partial charge in [0.05, 0.1) is 0 Å². The maximum absolute atomic E-state index is 11.5. The van der Waals surface area contributed by atoms with Crippen molar-refractivity contribution < 1.29 is 14.3 Å². The van der Waals surface area contributed by atoms with E-state index in [9.17, 15) is 9.59 Å². The first-order valence-corrected chi connectivity index (χ1v) is 7.01. The van der Waals surface area contributed by atoms with Crippen LogP contribution in [0.1, 0.15) is 12.5 Å². The molecule has 2 amide bonds. The van der Waals surface area contributed by atoms with Crippen LogP contribution in [0.3, 0.4) is 0 Å². The summed E-state index contributed by atoms with van der Waals surface area (Å²) in [5.74, 6) is -0.889. The van der Waals surface area contributed by atoms with Crippen LogP contribution in [0.25, 0.3) is 0 Å². The Labute approximate surface area is 126 Å². The molecular formula is C13H17IN2O3. The highest BCUT2D eigenvalue weighted by atomic mass is 127. The first-order valence-electron chi connectivity index (χ1n) is 5.93. The molecule has 0 radical (unpaired) electrons. The van der Waals surface area contributed by atoms with Crippen LogP contribution in [0.15, 0.2) is 24.3 Å². The Morgan fingerprint density at radius 2 is 2.21 bits per heavy atom. The molecule has 0 fully saturated rings. The Bertz CT molecular complexity index is 451. The molecule has 0 aliphatic carbocycles. The summed E-state index contributed by atoms with van der Waals surface area (Å²) in [6.45, 7) is 2.18. The highest BCUT2D eigenvalue weighted by Crippen LogP contribution is 2.09. The van der Waals surface area contributed by atoms with Gasteiger partial charge in [-0.25, -0.2) is 0 Å². The molecule has 3 N–H and O–H groups in total. The fraction of sp³-hybridized carbons (Fsp3) is 0.385. The number of carbonyl (C=O) groups excluding carboxylic acids is 2. The number of nitrogens with two attached hydrogens (primary N) is 1. The predicted octanol–water partition coefficient (Wildman–Crippen LogP) is 0.840. The second kappa shape index (κ2) is 8.11. The van der Waals surface area contributed by atoms with Gasteiger partial charge in [-0.2, -0.15) is 0 Å². The summed E-state index contributed by atoms with van der Waals surface area (Å²) >= 11 is 2.19. The Morgan fingerprint density at radius 1 is 1.47 bits per heavy atom. The van der Waals surface area contributed by atoms with E-state index >= 15 is 0 Å². The molecular weight excluding hydrogens is 359 g/mol. The lowest BCUT2D eigenvalue weighted by atomic mass is 10.1. The molecule has 1 atom stereocenters. The van der Waals surface area contributed by atoms with Crippen LogP contribution in [0.5, 0.6) is 0 Å². The normalized spacial score (nSPS) is 11.9. The highest BCUT2D eigenvalue weighted by molar-refractivity contribution is 14.1. The number of hydrogen-bond donors (Lipinski definition) is 2. The average molecular weight is 376 g/mol. The topological polar surface area (TPSA) is 81.4 Å². The number of amides is 2. The van der Waals surface area contributed by atoms with Crippen LogP contribution >= 0.6 is 22.6 Å². The van der Waals surface area contributed by atoms with Gasteiger partial charge in [0.2, 0.25) is 11.8 Å². The van der Waals surface area contributed by atoms with Crippen molar-refractivity contribution in [3.63, 3.8) is 0 Å². The van der Waals surface area contributed by atoms with E-state index < -0.39 is 11.9 Å². The van der Waals surface area contributed by atoms with Crippen LogP contribution < -0.4 is 11.1 Å². The number of rotatable bonds is 7. The number of primary amides is 1. The summed E-state index contributed by atoms with van der Waals surface area (Å²) in [5, 5.41) is 2.58. The minimum Gasteiger partial charge on any atom is -0.372 e. The number of nitrogens with one attached hydrogen (secondary N) is 1. The third kappa shape index (κ3) is 6.02. The van der Waals surface area contributed by atoms with E-state index in [0.717, 1.165) is 9.13 Å². The highest BCUT2D eigenvalue weighted by Gasteiger charge is 2.18. The Hall–Kier alpha value is -1.15. The standard InChI is InChI=1S/C13H17IN2O3/c1-2-19-8-12(17)16-11(13(15)18)7-9-4-3-5-10(14)6-9/h3-6,11H,2,7-8H2,1H3,(H2,15,18)(H,16,17)/t11-/m1/s1. The molecule has 0 aliphatic heterocycles. The fourth-order valence-corrected chi connectivity index (χ4v) is 2.16. The van der Waals surface area contributed by atoms with E-state index in [1.807, 2.05) is 24.3 Å². The van der Waals surface area contributed by atoms with Crippen LogP contribution in [-0.4, -0.2) is 31.1 Å². The quantitative estimate of drug-likeness (QED) is 0.692. The summed E-state index contributed by atoms with van der Waals surface area (Å²) in [6, 6.07) is 6.98. The number of halogens is 1. The van der Waals surface area contributed by atoms with Gasteiger partial charge in [-0.15, -0.1) is 0 Å². The van der Waals surface area contributed by atoms with Crippen molar-refractivity contribution in [3.8, 4) is 0 Å². The van der Waals surface area contributed by atoms with Crippen LogP contribution in [0, 0.1) is 3.57 Å². The summed E-state index contributed by atoms with van der Waals surface area (Å²) < 4.78 is 6.05. The van der Waals surface area contributed by atoms with Gasteiger partial charge >= 0.3 is 0 Å². The van der Waals surface area contributed by atoms with Crippen molar-refractivity contribution >= 4 is 34.4 Å². The molecule has 0 bridgehead atoms. The summed E-state index contributed by atoms with van der Waals surface area (Å²) in [6.07, 6.45) is 0.379. The van der Waals surface area contributed by atoms with Gasteiger partial charge in [0.15, 0.2) is 0 Å². The van der Waals surface area contributed by atoms with Crippen molar-refractivity contribution in [1.82, 2.24) is 5.32 Å². The first-order chi connectivity index (χ1) is 9.02. The molecule has 0 heterocycles. The van der Waals surface area contributed by atoms with Crippen molar-refractivity contribution in [2.75, 3.05) is 13.2 Å². The minimum absolute atomic E-state index is 0.0629. The number of benzene rings is 1. The van der Waals surface area contributed by atoms with E-state index in [0.29, 0.717) is 13.0 Å². The summed E-state index contributed by atoms with van der Waals surface area (Å²) in [5.41, 5.74) is 6.25. The van der Waals surface area contributed by atoms with Crippen LogP contribution in [0.4, 0.5) is 0 Å². The number of carbonyl (C=O) groups is 2. The number of ether oxygens (including phenoxy) is 1. The predicted molar refractivity (Wildman–Crippen MR) is 80.5 cm³/mol. The van der Waals surface area contributed by atoms with Crippen molar-refractivity contribution in [2.24, 2.45) is 5.73 Å². The molecule has 0 aromatic heterocycles. The Kier molecular flexibility index (Phi) is 6.79. The Morgan fingerprint density at radius 3 is 2.79 bits per heavy atom. The van der Waals surface area contributed by atoms with Crippen LogP contribution in [0.2, 0.25) is 0 Å². The van der Waals surface area contributed by atoms with E-state index in [1.54, 1.807) is 6.92 Å². The zero-order valence-corrected chi connectivity index (χ0v) is 12.8. The van der Waals surface area contributed by atoms with Gasteiger partial charge in [0.1, 0.15) is 12.6 Å². The summed E-state index contributed by atoms with van der Waals surface area (Å²) in [7, 11) is 0. The van der Waals surface area contributed by atoms with Crippen molar-refractivity contribution in [1.29, 1.82) is 0 Å². The SMILES string of the molecule is CCOCC(=O)N[C@H](Cc1cccc(I)c1)C(N)=O. The van der Waals surface area contributed by atoms with E-state index in [4.69, 9.17) is 10.5 Å².